The van der Waals surface area contributed by atoms with Crippen molar-refractivity contribution in [3.8, 4) is 17.2 Å². The van der Waals surface area contributed by atoms with Crippen molar-refractivity contribution in [3.05, 3.63) is 40.6 Å². The van der Waals surface area contributed by atoms with Crippen LogP contribution >= 0.6 is 11.3 Å². The van der Waals surface area contributed by atoms with Crippen LogP contribution in [0.5, 0.6) is 17.2 Å². The van der Waals surface area contributed by atoms with Crippen LogP contribution in [-0.4, -0.2) is 12.8 Å². The van der Waals surface area contributed by atoms with Gasteiger partial charge in [-0.2, -0.15) is 11.3 Å². The smallest absolute Gasteiger partial charge is 0.231 e. The molecule has 1 aliphatic rings. The summed E-state index contributed by atoms with van der Waals surface area (Å²) < 4.78 is 16.6. The molecule has 100 valence electrons. The van der Waals surface area contributed by atoms with Crippen LogP contribution in [0.3, 0.4) is 0 Å². The summed E-state index contributed by atoms with van der Waals surface area (Å²) in [6.45, 7) is 2.20. The molecule has 19 heavy (non-hydrogen) atoms. The van der Waals surface area contributed by atoms with Crippen LogP contribution in [0.15, 0.2) is 35.0 Å². The minimum absolute atomic E-state index is 0.0972. The van der Waals surface area contributed by atoms with Gasteiger partial charge in [-0.3, -0.25) is 0 Å². The first-order valence-electron chi connectivity index (χ1n) is 6.08. The van der Waals surface area contributed by atoms with Gasteiger partial charge in [0.2, 0.25) is 6.79 Å². The van der Waals surface area contributed by atoms with Crippen molar-refractivity contribution in [2.24, 2.45) is 5.73 Å². The molecule has 4 nitrogen and oxygen atoms in total. The van der Waals surface area contributed by atoms with E-state index in [9.17, 15) is 0 Å². The van der Waals surface area contributed by atoms with Gasteiger partial charge in [-0.15, -0.1) is 0 Å². The van der Waals surface area contributed by atoms with Crippen molar-refractivity contribution in [1.29, 1.82) is 0 Å². The summed E-state index contributed by atoms with van der Waals surface area (Å²) in [5.41, 5.74) is 7.11. The van der Waals surface area contributed by atoms with Gasteiger partial charge in [-0.1, -0.05) is 0 Å². The van der Waals surface area contributed by atoms with Gasteiger partial charge in [0.1, 0.15) is 11.9 Å². The molecule has 1 aromatic heterocycles. The van der Waals surface area contributed by atoms with Gasteiger partial charge in [0, 0.05) is 17.7 Å². The molecule has 0 radical (unpaired) electrons. The highest BCUT2D eigenvalue weighted by Gasteiger charge is 2.20. The lowest BCUT2D eigenvalue weighted by Crippen LogP contribution is -2.28. The highest BCUT2D eigenvalue weighted by Crippen LogP contribution is 2.36. The summed E-state index contributed by atoms with van der Waals surface area (Å²) in [7, 11) is 0. The first kappa shape index (κ1) is 12.3. The van der Waals surface area contributed by atoms with Gasteiger partial charge in [0.25, 0.3) is 0 Å². The van der Waals surface area contributed by atoms with Gasteiger partial charge in [0.15, 0.2) is 11.5 Å². The summed E-state index contributed by atoms with van der Waals surface area (Å²) in [6.07, 6.45) is -0.161. The molecule has 2 unspecified atom stereocenters. The zero-order valence-corrected chi connectivity index (χ0v) is 11.4. The SMILES string of the molecule is CC(N)C(Oc1ccc2c(c1)OCO2)c1ccsc1. The average Bonchev–Trinajstić information content (AvgIpc) is 3.06. The molecule has 2 N–H and O–H groups in total. The second-order valence-electron chi connectivity index (χ2n) is 4.47. The Morgan fingerprint density at radius 2 is 2.11 bits per heavy atom. The molecule has 2 atom stereocenters. The summed E-state index contributed by atoms with van der Waals surface area (Å²) >= 11 is 1.64. The molecule has 0 aliphatic carbocycles. The fourth-order valence-electron chi connectivity index (χ4n) is 2.01. The average molecular weight is 277 g/mol. The summed E-state index contributed by atoms with van der Waals surface area (Å²) in [5, 5.41) is 4.08. The van der Waals surface area contributed by atoms with Gasteiger partial charge in [0.05, 0.1) is 0 Å². The monoisotopic (exact) mass is 277 g/mol. The van der Waals surface area contributed by atoms with Crippen LogP contribution in [0.2, 0.25) is 0 Å². The van der Waals surface area contributed by atoms with E-state index in [0.717, 1.165) is 17.1 Å². The number of rotatable bonds is 4. The van der Waals surface area contributed by atoms with Gasteiger partial charge >= 0.3 is 0 Å². The molecule has 0 bridgehead atoms. The van der Waals surface area contributed by atoms with Crippen molar-refractivity contribution in [1.82, 2.24) is 0 Å². The van der Waals surface area contributed by atoms with Crippen LogP contribution in [0.4, 0.5) is 0 Å². The minimum Gasteiger partial charge on any atom is -0.484 e. The predicted molar refractivity (Wildman–Crippen MR) is 73.9 cm³/mol. The Labute approximate surface area is 115 Å². The molecular weight excluding hydrogens is 262 g/mol. The normalized spacial score (nSPS) is 16.1. The van der Waals surface area contributed by atoms with E-state index in [2.05, 4.69) is 5.38 Å². The lowest BCUT2D eigenvalue weighted by Gasteiger charge is -2.21. The van der Waals surface area contributed by atoms with E-state index < -0.39 is 0 Å². The molecule has 0 fully saturated rings. The van der Waals surface area contributed by atoms with Gasteiger partial charge in [-0.25, -0.2) is 0 Å². The summed E-state index contributed by atoms with van der Waals surface area (Å²) in [6, 6.07) is 7.49. The van der Waals surface area contributed by atoms with Gasteiger partial charge < -0.3 is 19.9 Å². The standard InChI is InChI=1S/C14H15NO3S/c1-9(15)14(10-4-5-19-7-10)18-11-2-3-12-13(6-11)17-8-16-12/h2-7,9,14H,8,15H2,1H3. The fraction of sp³-hybridized carbons (Fsp3) is 0.286. The van der Waals surface area contributed by atoms with Crippen LogP contribution in [0, 0.1) is 0 Å². The Morgan fingerprint density at radius 1 is 1.26 bits per heavy atom. The first-order valence-corrected chi connectivity index (χ1v) is 7.02. The van der Waals surface area contributed by atoms with Crippen molar-refractivity contribution in [3.63, 3.8) is 0 Å². The lowest BCUT2D eigenvalue weighted by atomic mass is 10.1. The number of fused-ring (bicyclic) bond motifs is 1. The van der Waals surface area contributed by atoms with E-state index in [-0.39, 0.29) is 18.9 Å². The molecule has 1 aromatic carbocycles. The predicted octanol–water partition coefficient (Wildman–Crippen LogP) is 2.94. The maximum Gasteiger partial charge on any atom is 0.231 e. The second kappa shape index (κ2) is 5.11. The molecule has 0 saturated heterocycles. The van der Waals surface area contributed by atoms with Crippen LogP contribution in [0.1, 0.15) is 18.6 Å². The van der Waals surface area contributed by atoms with E-state index in [1.54, 1.807) is 11.3 Å². The van der Waals surface area contributed by atoms with Gasteiger partial charge in [-0.05, 0) is 35.9 Å². The molecule has 2 heterocycles. The zero-order valence-electron chi connectivity index (χ0n) is 10.5. The van der Waals surface area contributed by atoms with Crippen LogP contribution in [-0.2, 0) is 0 Å². The molecule has 1 aliphatic heterocycles. The molecule has 3 rings (SSSR count). The minimum atomic E-state index is -0.161. The lowest BCUT2D eigenvalue weighted by molar-refractivity contribution is 0.171. The number of nitrogens with two attached hydrogens (primary N) is 1. The number of hydrogen-bond acceptors (Lipinski definition) is 5. The van der Waals surface area contributed by atoms with E-state index in [1.807, 2.05) is 36.6 Å². The van der Waals surface area contributed by atoms with E-state index in [4.69, 9.17) is 19.9 Å². The molecule has 0 spiro atoms. The molecule has 5 heteroatoms. The van der Waals surface area contributed by atoms with E-state index >= 15 is 0 Å². The van der Waals surface area contributed by atoms with Crippen molar-refractivity contribution < 1.29 is 14.2 Å². The maximum absolute atomic E-state index is 6.01. The third-order valence-electron chi connectivity index (χ3n) is 2.96. The second-order valence-corrected chi connectivity index (χ2v) is 5.25. The van der Waals surface area contributed by atoms with Crippen molar-refractivity contribution in [2.45, 2.75) is 19.1 Å². The van der Waals surface area contributed by atoms with Crippen LogP contribution < -0.4 is 19.9 Å². The summed E-state index contributed by atoms with van der Waals surface area (Å²) in [5.74, 6) is 2.20. The molecule has 2 aromatic rings. The Bertz CT molecular complexity index is 554. The third-order valence-corrected chi connectivity index (χ3v) is 3.66. The number of ether oxygens (including phenoxy) is 3. The number of thiophene rings is 1. The van der Waals surface area contributed by atoms with E-state index in [1.165, 1.54) is 0 Å². The highest BCUT2D eigenvalue weighted by atomic mass is 32.1. The molecule has 0 amide bonds. The highest BCUT2D eigenvalue weighted by molar-refractivity contribution is 7.07. The number of hydrogen-bond donors (Lipinski definition) is 1. The first-order chi connectivity index (χ1) is 9.24. The Balaban J connectivity index is 1.82. The van der Waals surface area contributed by atoms with Crippen LogP contribution in [0.25, 0.3) is 0 Å². The summed E-state index contributed by atoms with van der Waals surface area (Å²) in [4.78, 5) is 0. The van der Waals surface area contributed by atoms with Crippen molar-refractivity contribution >= 4 is 11.3 Å². The Kier molecular flexibility index (Phi) is 3.31. The Morgan fingerprint density at radius 3 is 2.84 bits per heavy atom. The largest absolute Gasteiger partial charge is 0.484 e. The fourth-order valence-corrected chi connectivity index (χ4v) is 2.70. The van der Waals surface area contributed by atoms with E-state index in [0.29, 0.717) is 5.75 Å². The topological polar surface area (TPSA) is 53.7 Å². The third kappa shape index (κ3) is 2.52. The quantitative estimate of drug-likeness (QED) is 0.933. The maximum atomic E-state index is 6.01. The molecular formula is C14H15NO3S. The number of benzene rings is 1. The zero-order chi connectivity index (χ0) is 13.2. The van der Waals surface area contributed by atoms with Crippen molar-refractivity contribution in [2.75, 3.05) is 6.79 Å². The Hall–Kier alpha value is -1.72. The molecule has 0 saturated carbocycles.